The second kappa shape index (κ2) is 6.06. The van der Waals surface area contributed by atoms with Gasteiger partial charge in [0, 0.05) is 0 Å². The Hall–Kier alpha value is -3.00. The normalized spacial score (nSPS) is 14.7. The predicted octanol–water partition coefficient (Wildman–Crippen LogP) is 6.27. The minimum absolute atomic E-state index is 0.791. The maximum Gasteiger partial charge on any atom is 0.146 e. The van der Waals surface area contributed by atoms with Gasteiger partial charge in [-0.25, -0.2) is 0 Å². The first-order valence-corrected chi connectivity index (χ1v) is 9.24. The van der Waals surface area contributed by atoms with E-state index in [9.17, 15) is 0 Å². The molecule has 2 aliphatic rings. The second-order valence-electron chi connectivity index (χ2n) is 6.95. The Morgan fingerprint density at radius 3 is 2.12 bits per heavy atom. The quantitative estimate of drug-likeness (QED) is 0.405. The maximum absolute atomic E-state index is 6.20. The fourth-order valence-corrected chi connectivity index (χ4v) is 4.02. The van der Waals surface area contributed by atoms with E-state index in [1.165, 1.54) is 33.6 Å². The van der Waals surface area contributed by atoms with Gasteiger partial charge in [0.1, 0.15) is 5.75 Å². The van der Waals surface area contributed by atoms with Gasteiger partial charge in [0.15, 0.2) is 0 Å². The minimum atomic E-state index is 0.791. The number of rotatable bonds is 1. The summed E-state index contributed by atoms with van der Waals surface area (Å²) in [6.45, 7) is 2.97. The number of anilines is 3. The third-order valence-electron chi connectivity index (χ3n) is 5.33. The highest BCUT2D eigenvalue weighted by atomic mass is 16.5. The molecule has 128 valence electrons. The molecule has 0 bridgehead atoms. The molecule has 0 N–H and O–H groups in total. The monoisotopic (exact) mass is 339 g/mol. The third-order valence-corrected chi connectivity index (χ3v) is 5.33. The molecule has 0 fully saturated rings. The molecule has 0 saturated heterocycles. The van der Waals surface area contributed by atoms with E-state index in [2.05, 4.69) is 84.6 Å². The van der Waals surface area contributed by atoms with Gasteiger partial charge >= 0.3 is 0 Å². The highest BCUT2D eigenvalue weighted by molar-refractivity contribution is 5.94. The largest absolute Gasteiger partial charge is 0.491 e. The molecule has 3 aromatic carbocycles. The van der Waals surface area contributed by atoms with Gasteiger partial charge in [-0.05, 0) is 60.2 Å². The Morgan fingerprint density at radius 1 is 0.769 bits per heavy atom. The topological polar surface area (TPSA) is 12.5 Å². The Bertz CT molecular complexity index is 969. The van der Waals surface area contributed by atoms with Crippen molar-refractivity contribution in [3.05, 3.63) is 82.9 Å². The molecule has 3 aromatic rings. The van der Waals surface area contributed by atoms with Crippen molar-refractivity contribution in [2.45, 2.75) is 19.8 Å². The number of benzene rings is 3. The van der Waals surface area contributed by atoms with Crippen molar-refractivity contribution < 1.29 is 4.74 Å². The van der Waals surface area contributed by atoms with Gasteiger partial charge in [0.25, 0.3) is 0 Å². The number of nitrogens with zero attached hydrogens (tertiary/aromatic N) is 1. The Kier molecular flexibility index (Phi) is 3.56. The maximum atomic E-state index is 6.20. The highest BCUT2D eigenvalue weighted by Crippen LogP contribution is 2.47. The Morgan fingerprint density at radius 2 is 1.42 bits per heavy atom. The molecule has 5 rings (SSSR count). The molecule has 2 heterocycles. The fourth-order valence-electron chi connectivity index (χ4n) is 4.02. The zero-order valence-electron chi connectivity index (χ0n) is 14.9. The molecular weight excluding hydrogens is 318 g/mol. The van der Waals surface area contributed by atoms with Crippen LogP contribution in [0.2, 0.25) is 0 Å². The number of hydrogen-bond acceptors (Lipinski definition) is 2. The molecule has 0 amide bonds. The van der Waals surface area contributed by atoms with Crippen LogP contribution in [0, 0.1) is 6.92 Å². The van der Waals surface area contributed by atoms with Gasteiger partial charge in [-0.2, -0.15) is 0 Å². The predicted molar refractivity (Wildman–Crippen MR) is 109 cm³/mol. The van der Waals surface area contributed by atoms with Crippen LogP contribution < -0.4 is 9.64 Å². The van der Waals surface area contributed by atoms with Crippen LogP contribution in [0.25, 0.3) is 12.2 Å². The van der Waals surface area contributed by atoms with E-state index in [1.54, 1.807) is 0 Å². The summed E-state index contributed by atoms with van der Waals surface area (Å²) in [5, 5.41) is 0. The van der Waals surface area contributed by atoms with Crippen molar-refractivity contribution in [1.82, 2.24) is 0 Å². The van der Waals surface area contributed by atoms with Crippen LogP contribution in [-0.2, 0) is 6.42 Å². The molecule has 2 aliphatic heterocycles. The number of fused-ring (bicyclic) bond motifs is 3. The van der Waals surface area contributed by atoms with Gasteiger partial charge in [-0.15, -0.1) is 0 Å². The SMILES string of the molecule is Cc1ccc(N2c3ccccc3C=Cc3ccccc32)c2c1CCCO2. The summed E-state index contributed by atoms with van der Waals surface area (Å²) in [5.41, 5.74) is 8.61. The third kappa shape index (κ3) is 2.33. The zero-order valence-corrected chi connectivity index (χ0v) is 14.9. The molecule has 0 atom stereocenters. The van der Waals surface area contributed by atoms with Crippen molar-refractivity contribution >= 4 is 29.2 Å². The lowest BCUT2D eigenvalue weighted by atomic mass is 9.98. The summed E-state index contributed by atoms with van der Waals surface area (Å²) in [6.07, 6.45) is 6.59. The van der Waals surface area contributed by atoms with E-state index in [1.807, 2.05) is 0 Å². The molecule has 0 aliphatic carbocycles. The average Bonchev–Trinajstić information content (AvgIpc) is 2.86. The van der Waals surface area contributed by atoms with Gasteiger partial charge in [0.2, 0.25) is 0 Å². The molecule has 2 heteroatoms. The Balaban J connectivity index is 1.81. The summed E-state index contributed by atoms with van der Waals surface area (Å²) < 4.78 is 6.20. The molecule has 0 radical (unpaired) electrons. The van der Waals surface area contributed by atoms with E-state index in [4.69, 9.17) is 4.74 Å². The lowest BCUT2D eigenvalue weighted by molar-refractivity contribution is 0.289. The summed E-state index contributed by atoms with van der Waals surface area (Å²) in [4.78, 5) is 2.36. The van der Waals surface area contributed by atoms with E-state index >= 15 is 0 Å². The number of aryl methyl sites for hydroxylation is 1. The van der Waals surface area contributed by atoms with Crippen molar-refractivity contribution in [3.63, 3.8) is 0 Å². The van der Waals surface area contributed by atoms with Crippen LogP contribution in [0.5, 0.6) is 5.75 Å². The van der Waals surface area contributed by atoms with Crippen LogP contribution in [-0.4, -0.2) is 6.61 Å². The number of ether oxygens (including phenoxy) is 1. The van der Waals surface area contributed by atoms with Crippen LogP contribution in [0.3, 0.4) is 0 Å². The number of para-hydroxylation sites is 2. The average molecular weight is 339 g/mol. The number of hydrogen-bond donors (Lipinski definition) is 0. The van der Waals surface area contributed by atoms with Crippen LogP contribution in [0.4, 0.5) is 17.1 Å². The van der Waals surface area contributed by atoms with Crippen molar-refractivity contribution in [2.24, 2.45) is 0 Å². The van der Waals surface area contributed by atoms with Crippen molar-refractivity contribution in [3.8, 4) is 5.75 Å². The molecule has 0 spiro atoms. The molecule has 0 aromatic heterocycles. The van der Waals surface area contributed by atoms with E-state index in [-0.39, 0.29) is 0 Å². The first kappa shape index (κ1) is 15.3. The summed E-state index contributed by atoms with van der Waals surface area (Å²) >= 11 is 0. The second-order valence-corrected chi connectivity index (χ2v) is 6.95. The molecule has 0 saturated carbocycles. The Labute approximate surface area is 154 Å². The van der Waals surface area contributed by atoms with Crippen LogP contribution in [0.1, 0.15) is 28.7 Å². The molecular formula is C24H21NO. The van der Waals surface area contributed by atoms with Gasteiger partial charge in [-0.1, -0.05) is 54.6 Å². The van der Waals surface area contributed by atoms with Crippen molar-refractivity contribution in [2.75, 3.05) is 11.5 Å². The van der Waals surface area contributed by atoms with Gasteiger partial charge in [-0.3, -0.25) is 0 Å². The smallest absolute Gasteiger partial charge is 0.146 e. The molecule has 0 unspecified atom stereocenters. The van der Waals surface area contributed by atoms with E-state index in [0.717, 1.165) is 30.9 Å². The lowest BCUT2D eigenvalue weighted by Gasteiger charge is -2.31. The minimum Gasteiger partial charge on any atom is -0.491 e. The van der Waals surface area contributed by atoms with E-state index in [0.29, 0.717) is 0 Å². The summed E-state index contributed by atoms with van der Waals surface area (Å²) in [7, 11) is 0. The molecule has 2 nitrogen and oxygen atoms in total. The van der Waals surface area contributed by atoms with E-state index < -0.39 is 0 Å². The zero-order chi connectivity index (χ0) is 17.5. The first-order valence-electron chi connectivity index (χ1n) is 9.24. The van der Waals surface area contributed by atoms with Gasteiger partial charge in [0.05, 0.1) is 23.7 Å². The highest BCUT2D eigenvalue weighted by Gasteiger charge is 2.25. The molecule has 26 heavy (non-hydrogen) atoms. The first-order chi connectivity index (χ1) is 12.8. The fraction of sp³-hybridized carbons (Fsp3) is 0.167. The lowest BCUT2D eigenvalue weighted by Crippen LogP contribution is -2.17. The van der Waals surface area contributed by atoms with Crippen LogP contribution in [0.15, 0.2) is 60.7 Å². The van der Waals surface area contributed by atoms with Crippen molar-refractivity contribution in [1.29, 1.82) is 0 Å². The van der Waals surface area contributed by atoms with Crippen LogP contribution >= 0.6 is 0 Å². The standard InChI is InChI=1S/C24H21NO/c1-17-12-15-23(24-20(17)9-6-16-26-24)25-21-10-4-2-7-18(21)13-14-19-8-3-5-11-22(19)25/h2-5,7-8,10-15H,6,9,16H2,1H3. The summed E-state index contributed by atoms with van der Waals surface area (Å²) in [6, 6.07) is 21.6. The summed E-state index contributed by atoms with van der Waals surface area (Å²) in [5.74, 6) is 1.04. The van der Waals surface area contributed by atoms with Gasteiger partial charge < -0.3 is 9.64 Å².